The highest BCUT2D eigenvalue weighted by molar-refractivity contribution is 5.90. The molecule has 0 aliphatic rings. The van der Waals surface area contributed by atoms with E-state index in [0.29, 0.717) is 24.1 Å². The van der Waals surface area contributed by atoms with Crippen molar-refractivity contribution in [1.29, 1.82) is 0 Å². The first kappa shape index (κ1) is 10.6. The van der Waals surface area contributed by atoms with E-state index in [0.717, 1.165) is 10.8 Å². The van der Waals surface area contributed by atoms with E-state index in [9.17, 15) is 0 Å². The second-order valence-electron chi connectivity index (χ2n) is 3.87. The summed E-state index contributed by atoms with van der Waals surface area (Å²) in [6, 6.07) is 7.92. The Kier molecular flexibility index (Phi) is 2.60. The lowest BCUT2D eigenvalue weighted by atomic mass is 10.2. The standard InChI is InChI=1S/C12H11N5O/c1-8-15-11(18-17-8)7-13-12-10-5-3-2-4-9(10)6-14-16-12/h2-6H,7H2,1H3,(H,13,16). The molecule has 6 heteroatoms. The third-order valence-corrected chi connectivity index (χ3v) is 2.55. The fraction of sp³-hybridized carbons (Fsp3) is 0.167. The van der Waals surface area contributed by atoms with Crippen LogP contribution in [0.15, 0.2) is 35.0 Å². The molecule has 0 saturated carbocycles. The van der Waals surface area contributed by atoms with Crippen molar-refractivity contribution in [3.63, 3.8) is 0 Å². The van der Waals surface area contributed by atoms with Crippen LogP contribution in [0, 0.1) is 6.92 Å². The molecule has 0 saturated heterocycles. The molecule has 18 heavy (non-hydrogen) atoms. The van der Waals surface area contributed by atoms with E-state index >= 15 is 0 Å². The second kappa shape index (κ2) is 4.40. The molecule has 0 unspecified atom stereocenters. The largest absolute Gasteiger partial charge is 0.359 e. The molecule has 0 bridgehead atoms. The van der Waals surface area contributed by atoms with Crippen molar-refractivity contribution in [2.75, 3.05) is 5.32 Å². The minimum Gasteiger partial charge on any atom is -0.359 e. The molecule has 0 atom stereocenters. The van der Waals surface area contributed by atoms with Crippen molar-refractivity contribution in [2.45, 2.75) is 13.5 Å². The van der Waals surface area contributed by atoms with Gasteiger partial charge in [0.05, 0.1) is 12.7 Å². The predicted octanol–water partition coefficient (Wildman–Crippen LogP) is 1.93. The number of anilines is 1. The third kappa shape index (κ3) is 2.00. The van der Waals surface area contributed by atoms with Gasteiger partial charge in [-0.15, -0.1) is 5.10 Å². The summed E-state index contributed by atoms with van der Waals surface area (Å²) in [5.74, 6) is 1.86. The molecular weight excluding hydrogens is 230 g/mol. The molecule has 6 nitrogen and oxygen atoms in total. The number of nitrogens with one attached hydrogen (secondary N) is 1. The number of benzene rings is 1. The zero-order valence-electron chi connectivity index (χ0n) is 9.79. The van der Waals surface area contributed by atoms with E-state index in [1.54, 1.807) is 13.1 Å². The van der Waals surface area contributed by atoms with Gasteiger partial charge in [-0.25, -0.2) is 0 Å². The highest BCUT2D eigenvalue weighted by Gasteiger charge is 2.05. The molecule has 0 spiro atoms. The smallest absolute Gasteiger partial charge is 0.245 e. The number of fused-ring (bicyclic) bond motifs is 1. The first-order valence-electron chi connectivity index (χ1n) is 5.56. The molecule has 90 valence electrons. The molecule has 2 heterocycles. The second-order valence-corrected chi connectivity index (χ2v) is 3.87. The number of nitrogens with zero attached hydrogens (tertiary/aromatic N) is 4. The normalized spacial score (nSPS) is 10.7. The van der Waals surface area contributed by atoms with E-state index in [2.05, 4.69) is 25.7 Å². The number of aryl methyl sites for hydroxylation is 1. The fourth-order valence-corrected chi connectivity index (χ4v) is 1.73. The van der Waals surface area contributed by atoms with E-state index < -0.39 is 0 Å². The summed E-state index contributed by atoms with van der Waals surface area (Å²) in [6.07, 6.45) is 1.73. The first-order chi connectivity index (χ1) is 8.83. The number of hydrogen-bond acceptors (Lipinski definition) is 6. The van der Waals surface area contributed by atoms with Crippen LogP contribution < -0.4 is 5.32 Å². The summed E-state index contributed by atoms with van der Waals surface area (Å²) in [6.45, 7) is 2.22. The third-order valence-electron chi connectivity index (χ3n) is 2.55. The minimum absolute atomic E-state index is 0.434. The number of hydrogen-bond donors (Lipinski definition) is 1. The van der Waals surface area contributed by atoms with Crippen LogP contribution in [-0.2, 0) is 6.54 Å². The zero-order chi connectivity index (χ0) is 12.4. The number of rotatable bonds is 3. The van der Waals surface area contributed by atoms with E-state index in [4.69, 9.17) is 4.52 Å². The number of aromatic nitrogens is 4. The van der Waals surface area contributed by atoms with Gasteiger partial charge in [0.1, 0.15) is 0 Å². The predicted molar refractivity (Wildman–Crippen MR) is 65.9 cm³/mol. The molecule has 1 N–H and O–H groups in total. The van der Waals surface area contributed by atoms with Gasteiger partial charge in [-0.05, 0) is 6.92 Å². The van der Waals surface area contributed by atoms with Gasteiger partial charge < -0.3 is 9.84 Å². The molecule has 0 amide bonds. The average molecular weight is 241 g/mol. The van der Waals surface area contributed by atoms with Gasteiger partial charge >= 0.3 is 0 Å². The maximum Gasteiger partial charge on any atom is 0.245 e. The van der Waals surface area contributed by atoms with Crippen LogP contribution in [0.1, 0.15) is 11.7 Å². The lowest BCUT2D eigenvalue weighted by Gasteiger charge is -2.04. The highest BCUT2D eigenvalue weighted by atomic mass is 16.5. The monoisotopic (exact) mass is 241 g/mol. The van der Waals surface area contributed by atoms with E-state index in [1.807, 2.05) is 24.3 Å². The summed E-state index contributed by atoms with van der Waals surface area (Å²) in [5.41, 5.74) is 0. The van der Waals surface area contributed by atoms with Crippen molar-refractivity contribution >= 4 is 16.6 Å². The first-order valence-corrected chi connectivity index (χ1v) is 5.56. The van der Waals surface area contributed by atoms with E-state index in [-0.39, 0.29) is 0 Å². The van der Waals surface area contributed by atoms with Gasteiger partial charge in [-0.3, -0.25) is 0 Å². The summed E-state index contributed by atoms with van der Waals surface area (Å²) in [5, 5.41) is 17.0. The zero-order valence-corrected chi connectivity index (χ0v) is 9.79. The molecule has 2 aromatic heterocycles. The quantitative estimate of drug-likeness (QED) is 0.755. The fourth-order valence-electron chi connectivity index (χ4n) is 1.73. The lowest BCUT2D eigenvalue weighted by Crippen LogP contribution is -2.03. The summed E-state index contributed by atoms with van der Waals surface area (Å²) >= 11 is 0. The van der Waals surface area contributed by atoms with Gasteiger partial charge in [0, 0.05) is 10.8 Å². The lowest BCUT2D eigenvalue weighted by molar-refractivity contribution is 0.379. The Morgan fingerprint density at radius 1 is 1.28 bits per heavy atom. The van der Waals surface area contributed by atoms with Crippen molar-refractivity contribution in [1.82, 2.24) is 20.3 Å². The molecule has 3 rings (SSSR count). The maximum absolute atomic E-state index is 5.03. The minimum atomic E-state index is 0.434. The van der Waals surface area contributed by atoms with Gasteiger partial charge in [0.15, 0.2) is 11.6 Å². The molecule has 0 aliphatic heterocycles. The molecule has 0 radical (unpaired) electrons. The Bertz CT molecular complexity index is 674. The molecule has 0 aliphatic carbocycles. The van der Waals surface area contributed by atoms with Crippen LogP contribution in [0.5, 0.6) is 0 Å². The van der Waals surface area contributed by atoms with Gasteiger partial charge in [-0.1, -0.05) is 29.4 Å². The van der Waals surface area contributed by atoms with Crippen molar-refractivity contribution in [3.05, 3.63) is 42.2 Å². The van der Waals surface area contributed by atoms with Crippen molar-refractivity contribution < 1.29 is 4.52 Å². The molecule has 0 fully saturated rings. The highest BCUT2D eigenvalue weighted by Crippen LogP contribution is 2.19. The Hall–Kier alpha value is -2.50. The Morgan fingerprint density at radius 2 is 2.17 bits per heavy atom. The molecule has 3 aromatic rings. The Labute approximate surface area is 103 Å². The van der Waals surface area contributed by atoms with Crippen LogP contribution in [0.2, 0.25) is 0 Å². The summed E-state index contributed by atoms with van der Waals surface area (Å²) in [7, 11) is 0. The van der Waals surface area contributed by atoms with Gasteiger partial charge in [-0.2, -0.15) is 10.1 Å². The van der Waals surface area contributed by atoms with Crippen LogP contribution >= 0.6 is 0 Å². The van der Waals surface area contributed by atoms with E-state index in [1.165, 1.54) is 0 Å². The molecule has 1 aromatic carbocycles. The Balaban J connectivity index is 1.86. The summed E-state index contributed by atoms with van der Waals surface area (Å²) in [4.78, 5) is 4.12. The van der Waals surface area contributed by atoms with Crippen molar-refractivity contribution in [3.8, 4) is 0 Å². The average Bonchev–Trinajstić information content (AvgIpc) is 2.82. The van der Waals surface area contributed by atoms with Gasteiger partial charge in [0.25, 0.3) is 0 Å². The maximum atomic E-state index is 5.03. The SMILES string of the molecule is Cc1noc(CNc2nncc3ccccc23)n1. The van der Waals surface area contributed by atoms with Crippen LogP contribution in [-0.4, -0.2) is 20.3 Å². The summed E-state index contributed by atoms with van der Waals surface area (Å²) < 4.78 is 5.03. The van der Waals surface area contributed by atoms with Gasteiger partial charge in [0.2, 0.25) is 5.89 Å². The van der Waals surface area contributed by atoms with Crippen molar-refractivity contribution in [2.24, 2.45) is 0 Å². The van der Waals surface area contributed by atoms with Crippen LogP contribution in [0.3, 0.4) is 0 Å². The van der Waals surface area contributed by atoms with Crippen LogP contribution in [0.4, 0.5) is 5.82 Å². The van der Waals surface area contributed by atoms with Crippen LogP contribution in [0.25, 0.3) is 10.8 Å². The Morgan fingerprint density at radius 3 is 3.00 bits per heavy atom. The topological polar surface area (TPSA) is 76.7 Å². The molecular formula is C12H11N5O.